The van der Waals surface area contributed by atoms with Gasteiger partial charge in [0.1, 0.15) is 10.7 Å². The van der Waals surface area contributed by atoms with Gasteiger partial charge in [-0.05, 0) is 30.2 Å². The molecule has 4 aromatic rings. The van der Waals surface area contributed by atoms with Crippen molar-refractivity contribution >= 4 is 28.8 Å². The number of hydrogen-bond acceptors (Lipinski definition) is 5. The number of carbonyl (C=O) groups excluding carboxylic acids is 2. The maximum atomic E-state index is 12.4. The van der Waals surface area contributed by atoms with Crippen LogP contribution >= 0.6 is 11.3 Å². The van der Waals surface area contributed by atoms with Crippen LogP contribution in [0.5, 0.6) is 0 Å². The zero-order valence-corrected chi connectivity index (χ0v) is 17.7. The molecule has 0 aliphatic carbocycles. The van der Waals surface area contributed by atoms with Gasteiger partial charge < -0.3 is 10.6 Å². The number of thiazole rings is 1. The summed E-state index contributed by atoms with van der Waals surface area (Å²) in [6.45, 7) is 1.89. The standard InChI is InChI=1S/C23H21N5O2S/c1-2-16-8-6-7-11-19(16)26-21(29)13-24-22(30)20-15-31-23(27-20)17-12-25-28(14-17)18-9-4-3-5-10-18/h3-12,14-15H,2,13H2,1H3,(H,24,30)(H,26,29). The lowest BCUT2D eigenvalue weighted by Crippen LogP contribution is -2.33. The minimum Gasteiger partial charge on any atom is -0.342 e. The molecule has 2 aromatic heterocycles. The Bertz CT molecular complexity index is 1200. The van der Waals surface area contributed by atoms with Crippen molar-refractivity contribution < 1.29 is 9.59 Å². The Labute approximate surface area is 183 Å². The number of aromatic nitrogens is 3. The Kier molecular flexibility index (Phi) is 6.18. The molecule has 2 amide bonds. The summed E-state index contributed by atoms with van der Waals surface area (Å²) in [7, 11) is 0. The highest BCUT2D eigenvalue weighted by molar-refractivity contribution is 7.13. The first-order valence-electron chi connectivity index (χ1n) is 9.86. The van der Waals surface area contributed by atoms with Crippen molar-refractivity contribution in [2.24, 2.45) is 0 Å². The quantitative estimate of drug-likeness (QED) is 0.464. The van der Waals surface area contributed by atoms with Gasteiger partial charge in [-0.2, -0.15) is 5.10 Å². The van der Waals surface area contributed by atoms with Crippen LogP contribution in [0, 0.1) is 0 Å². The molecular weight excluding hydrogens is 410 g/mol. The number of nitrogens with zero attached hydrogens (tertiary/aromatic N) is 3. The Balaban J connectivity index is 1.36. The van der Waals surface area contributed by atoms with Crippen LogP contribution in [0.1, 0.15) is 23.0 Å². The molecule has 2 heterocycles. The van der Waals surface area contributed by atoms with E-state index >= 15 is 0 Å². The molecule has 0 saturated carbocycles. The van der Waals surface area contributed by atoms with Crippen LogP contribution in [-0.4, -0.2) is 33.1 Å². The van der Waals surface area contributed by atoms with E-state index in [4.69, 9.17) is 0 Å². The maximum absolute atomic E-state index is 12.4. The van der Waals surface area contributed by atoms with E-state index in [1.165, 1.54) is 11.3 Å². The summed E-state index contributed by atoms with van der Waals surface area (Å²) in [6.07, 6.45) is 4.39. The smallest absolute Gasteiger partial charge is 0.271 e. The number of hydrogen-bond donors (Lipinski definition) is 2. The van der Waals surface area contributed by atoms with Gasteiger partial charge in [0.2, 0.25) is 5.91 Å². The lowest BCUT2D eigenvalue weighted by atomic mass is 10.1. The predicted octanol–water partition coefficient (Wildman–Crippen LogP) is 3.93. The number of rotatable bonds is 7. The first kappa shape index (κ1) is 20.5. The van der Waals surface area contributed by atoms with Crippen molar-refractivity contribution in [2.45, 2.75) is 13.3 Å². The van der Waals surface area contributed by atoms with Crippen LogP contribution in [0.2, 0.25) is 0 Å². The van der Waals surface area contributed by atoms with Crippen molar-refractivity contribution in [1.29, 1.82) is 0 Å². The Morgan fingerprint density at radius 3 is 2.65 bits per heavy atom. The molecule has 0 unspecified atom stereocenters. The fraction of sp³-hybridized carbons (Fsp3) is 0.130. The van der Waals surface area contributed by atoms with Crippen LogP contribution in [0.25, 0.3) is 16.3 Å². The molecule has 7 nitrogen and oxygen atoms in total. The number of nitrogens with one attached hydrogen (secondary N) is 2. The van der Waals surface area contributed by atoms with Gasteiger partial charge in [-0.25, -0.2) is 9.67 Å². The van der Waals surface area contributed by atoms with Crippen molar-refractivity contribution in [3.05, 3.63) is 83.6 Å². The predicted molar refractivity (Wildman–Crippen MR) is 121 cm³/mol. The summed E-state index contributed by atoms with van der Waals surface area (Å²) in [5, 5.41) is 12.2. The van der Waals surface area contributed by atoms with Crippen LogP contribution in [0.15, 0.2) is 72.4 Å². The fourth-order valence-corrected chi connectivity index (χ4v) is 3.84. The monoisotopic (exact) mass is 431 g/mol. The second-order valence-corrected chi connectivity index (χ2v) is 7.65. The minimum atomic E-state index is -0.392. The molecule has 31 heavy (non-hydrogen) atoms. The average Bonchev–Trinajstić information content (AvgIpc) is 3.48. The molecule has 0 atom stereocenters. The molecule has 0 saturated heterocycles. The average molecular weight is 432 g/mol. The largest absolute Gasteiger partial charge is 0.342 e. The third-order valence-corrected chi connectivity index (χ3v) is 5.56. The molecule has 0 spiro atoms. The van der Waals surface area contributed by atoms with Gasteiger partial charge in [0, 0.05) is 22.8 Å². The molecule has 0 fully saturated rings. The van der Waals surface area contributed by atoms with E-state index in [2.05, 4.69) is 20.7 Å². The normalized spacial score (nSPS) is 10.6. The summed E-state index contributed by atoms with van der Waals surface area (Å²) < 4.78 is 1.76. The highest BCUT2D eigenvalue weighted by atomic mass is 32.1. The Morgan fingerprint density at radius 1 is 1.06 bits per heavy atom. The molecule has 0 radical (unpaired) electrons. The molecular formula is C23H21N5O2S. The molecule has 2 aromatic carbocycles. The van der Waals surface area contributed by atoms with E-state index in [1.807, 2.05) is 67.7 Å². The molecule has 0 aliphatic rings. The SMILES string of the molecule is CCc1ccccc1NC(=O)CNC(=O)c1csc(-c2cnn(-c3ccccc3)c2)n1. The minimum absolute atomic E-state index is 0.129. The van der Waals surface area contributed by atoms with Crippen molar-refractivity contribution in [3.8, 4) is 16.3 Å². The van der Waals surface area contributed by atoms with Gasteiger partial charge >= 0.3 is 0 Å². The van der Waals surface area contributed by atoms with E-state index in [1.54, 1.807) is 16.3 Å². The van der Waals surface area contributed by atoms with Gasteiger partial charge in [0.15, 0.2) is 0 Å². The fourth-order valence-electron chi connectivity index (χ4n) is 3.06. The highest BCUT2D eigenvalue weighted by Gasteiger charge is 2.15. The number of para-hydroxylation sites is 2. The zero-order valence-electron chi connectivity index (χ0n) is 16.9. The highest BCUT2D eigenvalue weighted by Crippen LogP contribution is 2.24. The van der Waals surface area contributed by atoms with E-state index in [9.17, 15) is 9.59 Å². The van der Waals surface area contributed by atoms with Gasteiger partial charge in [-0.15, -0.1) is 11.3 Å². The van der Waals surface area contributed by atoms with E-state index in [-0.39, 0.29) is 18.1 Å². The molecule has 2 N–H and O–H groups in total. The third-order valence-electron chi connectivity index (χ3n) is 4.67. The Morgan fingerprint density at radius 2 is 1.84 bits per heavy atom. The molecule has 0 bridgehead atoms. The lowest BCUT2D eigenvalue weighted by molar-refractivity contribution is -0.115. The second-order valence-electron chi connectivity index (χ2n) is 6.79. The second kappa shape index (κ2) is 9.36. The van der Waals surface area contributed by atoms with E-state index in [0.29, 0.717) is 5.01 Å². The summed E-state index contributed by atoms with van der Waals surface area (Å²) in [4.78, 5) is 29.1. The number of anilines is 1. The maximum Gasteiger partial charge on any atom is 0.271 e. The lowest BCUT2D eigenvalue weighted by Gasteiger charge is -2.09. The first-order valence-corrected chi connectivity index (χ1v) is 10.7. The summed E-state index contributed by atoms with van der Waals surface area (Å²) >= 11 is 1.36. The van der Waals surface area contributed by atoms with Crippen molar-refractivity contribution in [1.82, 2.24) is 20.1 Å². The Hall–Kier alpha value is -3.78. The number of amides is 2. The molecule has 8 heteroatoms. The molecule has 156 valence electrons. The number of carbonyl (C=O) groups is 2. The van der Waals surface area contributed by atoms with Gasteiger partial charge in [0.05, 0.1) is 18.4 Å². The number of aryl methyl sites for hydroxylation is 1. The molecule has 4 rings (SSSR count). The summed E-state index contributed by atoms with van der Waals surface area (Å²) in [5.74, 6) is -0.675. The van der Waals surface area contributed by atoms with Gasteiger partial charge in [-0.1, -0.05) is 43.3 Å². The van der Waals surface area contributed by atoms with Crippen LogP contribution in [0.4, 0.5) is 5.69 Å². The van der Waals surface area contributed by atoms with Crippen LogP contribution < -0.4 is 10.6 Å². The van der Waals surface area contributed by atoms with Crippen molar-refractivity contribution in [3.63, 3.8) is 0 Å². The van der Waals surface area contributed by atoms with Crippen LogP contribution in [-0.2, 0) is 11.2 Å². The van der Waals surface area contributed by atoms with E-state index < -0.39 is 5.91 Å². The number of benzene rings is 2. The van der Waals surface area contributed by atoms with Gasteiger partial charge in [-0.3, -0.25) is 9.59 Å². The topological polar surface area (TPSA) is 88.9 Å². The molecule has 0 aliphatic heterocycles. The zero-order chi connectivity index (χ0) is 21.6. The third kappa shape index (κ3) is 4.87. The summed E-state index contributed by atoms with van der Waals surface area (Å²) in [6, 6.07) is 17.4. The summed E-state index contributed by atoms with van der Waals surface area (Å²) in [5.41, 5.74) is 3.84. The van der Waals surface area contributed by atoms with Gasteiger partial charge in [0.25, 0.3) is 5.91 Å². The van der Waals surface area contributed by atoms with Crippen molar-refractivity contribution in [2.75, 3.05) is 11.9 Å². The van der Waals surface area contributed by atoms with E-state index in [0.717, 1.165) is 28.9 Å². The first-order chi connectivity index (χ1) is 15.1. The van der Waals surface area contributed by atoms with Crippen LogP contribution in [0.3, 0.4) is 0 Å².